The predicted molar refractivity (Wildman–Crippen MR) is 118 cm³/mol. The van der Waals surface area contributed by atoms with E-state index in [0.717, 1.165) is 17.1 Å². The van der Waals surface area contributed by atoms with Crippen LogP contribution < -0.4 is 14.8 Å². The fraction of sp³-hybridized carbons (Fsp3) is 0.261. The largest absolute Gasteiger partial charge is 0.493 e. The van der Waals surface area contributed by atoms with Crippen LogP contribution in [-0.2, 0) is 10.5 Å². The molecule has 28 heavy (non-hydrogen) atoms. The molecule has 0 aliphatic carbocycles. The van der Waals surface area contributed by atoms with E-state index in [0.29, 0.717) is 24.7 Å². The number of hydrogen-bond acceptors (Lipinski definition) is 4. The van der Waals surface area contributed by atoms with Crippen LogP contribution in [0.1, 0.15) is 16.7 Å². The maximum atomic E-state index is 12.0. The van der Waals surface area contributed by atoms with Gasteiger partial charge in [-0.05, 0) is 36.3 Å². The molecule has 0 heterocycles. The average molecular weight is 398 g/mol. The average Bonchev–Trinajstić information content (AvgIpc) is 2.72. The maximum absolute atomic E-state index is 12.0. The van der Waals surface area contributed by atoms with Gasteiger partial charge in [-0.15, -0.1) is 0 Å². The minimum Gasteiger partial charge on any atom is -0.493 e. The second kappa shape index (κ2) is 11.9. The number of benzene rings is 2. The lowest BCUT2D eigenvalue weighted by Crippen LogP contribution is -2.23. The van der Waals surface area contributed by atoms with Gasteiger partial charge in [-0.3, -0.25) is 4.79 Å². The lowest BCUT2D eigenvalue weighted by molar-refractivity contribution is -0.116. The molecule has 1 N–H and O–H groups in total. The first kappa shape index (κ1) is 21.6. The van der Waals surface area contributed by atoms with E-state index < -0.39 is 0 Å². The number of ether oxygens (including phenoxy) is 2. The minimum atomic E-state index is -0.109. The Labute approximate surface area is 171 Å². The van der Waals surface area contributed by atoms with E-state index in [9.17, 15) is 4.79 Å². The number of carbonyl (C=O) groups is 1. The smallest absolute Gasteiger partial charge is 0.244 e. The van der Waals surface area contributed by atoms with Crippen molar-refractivity contribution in [2.24, 2.45) is 0 Å². The van der Waals surface area contributed by atoms with Crippen molar-refractivity contribution >= 4 is 23.7 Å². The van der Waals surface area contributed by atoms with Crippen molar-refractivity contribution in [3.63, 3.8) is 0 Å². The number of rotatable bonds is 11. The number of carbonyl (C=O) groups excluding carboxylic acids is 1. The van der Waals surface area contributed by atoms with Crippen LogP contribution in [0.15, 0.2) is 61.2 Å². The van der Waals surface area contributed by atoms with E-state index in [1.54, 1.807) is 31.0 Å². The number of methoxy groups -OCH3 is 1. The first-order valence-electron chi connectivity index (χ1n) is 9.13. The van der Waals surface area contributed by atoms with Crippen molar-refractivity contribution < 1.29 is 14.3 Å². The molecule has 0 saturated heterocycles. The summed E-state index contributed by atoms with van der Waals surface area (Å²) in [5, 5.41) is 2.90. The number of hydrogen-bond donors (Lipinski definition) is 1. The molecule has 148 valence electrons. The van der Waals surface area contributed by atoms with Gasteiger partial charge in [-0.1, -0.05) is 48.6 Å². The van der Waals surface area contributed by atoms with Gasteiger partial charge in [-0.2, -0.15) is 11.8 Å². The van der Waals surface area contributed by atoms with Crippen LogP contribution in [0, 0.1) is 6.92 Å². The Morgan fingerprint density at radius 3 is 2.68 bits per heavy atom. The van der Waals surface area contributed by atoms with Crippen molar-refractivity contribution in [1.82, 2.24) is 5.32 Å². The highest BCUT2D eigenvalue weighted by Gasteiger charge is 2.04. The van der Waals surface area contributed by atoms with E-state index in [2.05, 4.69) is 43.1 Å². The van der Waals surface area contributed by atoms with Gasteiger partial charge in [0.15, 0.2) is 11.5 Å². The number of aryl methyl sites for hydroxylation is 1. The monoisotopic (exact) mass is 397 g/mol. The van der Waals surface area contributed by atoms with Crippen molar-refractivity contribution in [3.8, 4) is 11.5 Å². The first-order chi connectivity index (χ1) is 13.6. The van der Waals surface area contributed by atoms with E-state index >= 15 is 0 Å². The summed E-state index contributed by atoms with van der Waals surface area (Å²) in [6.07, 6.45) is 4.97. The molecule has 4 nitrogen and oxygen atoms in total. The summed E-state index contributed by atoms with van der Waals surface area (Å²) in [5.74, 6) is 2.98. The molecule has 2 aromatic rings. The molecule has 2 aromatic carbocycles. The van der Waals surface area contributed by atoms with Crippen LogP contribution in [0.5, 0.6) is 11.5 Å². The Hall–Kier alpha value is -2.66. The van der Waals surface area contributed by atoms with Gasteiger partial charge < -0.3 is 14.8 Å². The Kier molecular flexibility index (Phi) is 9.22. The van der Waals surface area contributed by atoms with Crippen molar-refractivity contribution in [1.29, 1.82) is 0 Å². The summed E-state index contributed by atoms with van der Waals surface area (Å²) >= 11 is 1.81. The van der Waals surface area contributed by atoms with Gasteiger partial charge in [0.05, 0.1) is 7.11 Å². The third-order valence-electron chi connectivity index (χ3n) is 3.91. The van der Waals surface area contributed by atoms with Crippen LogP contribution in [-0.4, -0.2) is 31.9 Å². The number of thioether (sulfide) groups is 1. The molecule has 0 fully saturated rings. The fourth-order valence-corrected chi connectivity index (χ4v) is 3.23. The zero-order valence-corrected chi connectivity index (χ0v) is 17.3. The molecule has 0 saturated carbocycles. The highest BCUT2D eigenvalue weighted by Crippen LogP contribution is 2.28. The quantitative estimate of drug-likeness (QED) is 0.341. The molecule has 0 aliphatic rings. The molecule has 0 aromatic heterocycles. The third kappa shape index (κ3) is 7.53. The zero-order chi connectivity index (χ0) is 20.2. The maximum Gasteiger partial charge on any atom is 0.244 e. The van der Waals surface area contributed by atoms with Crippen molar-refractivity contribution in [2.75, 3.05) is 26.0 Å². The fourth-order valence-electron chi connectivity index (χ4n) is 2.41. The van der Waals surface area contributed by atoms with Crippen LogP contribution in [0.2, 0.25) is 0 Å². The highest BCUT2D eigenvalue weighted by atomic mass is 32.2. The molecule has 0 spiro atoms. The summed E-state index contributed by atoms with van der Waals surface area (Å²) in [6, 6.07) is 14.1. The van der Waals surface area contributed by atoms with Crippen LogP contribution >= 0.6 is 11.8 Å². The minimum absolute atomic E-state index is 0.109. The normalized spacial score (nSPS) is 10.6. The summed E-state index contributed by atoms with van der Waals surface area (Å²) in [6.45, 7) is 6.76. The van der Waals surface area contributed by atoms with Gasteiger partial charge in [-0.25, -0.2) is 0 Å². The van der Waals surface area contributed by atoms with Crippen LogP contribution in [0.3, 0.4) is 0 Å². The molecular formula is C23H27NO3S. The molecule has 0 unspecified atom stereocenters. The lowest BCUT2D eigenvalue weighted by atomic mass is 10.2. The number of amides is 1. The first-order valence-corrected chi connectivity index (χ1v) is 10.3. The van der Waals surface area contributed by atoms with Crippen molar-refractivity contribution in [2.45, 2.75) is 12.7 Å². The highest BCUT2D eigenvalue weighted by molar-refractivity contribution is 7.98. The molecule has 1 amide bonds. The zero-order valence-electron chi connectivity index (χ0n) is 16.4. The SMILES string of the molecule is C=CCOc1ccc(/C=C/C(=O)NCCSCc2ccc(C)cc2)cc1OC. The molecule has 0 aliphatic heterocycles. The summed E-state index contributed by atoms with van der Waals surface area (Å²) in [5.41, 5.74) is 3.44. The number of nitrogens with one attached hydrogen (secondary N) is 1. The van der Waals surface area contributed by atoms with E-state index in [4.69, 9.17) is 9.47 Å². The summed E-state index contributed by atoms with van der Waals surface area (Å²) in [7, 11) is 1.59. The van der Waals surface area contributed by atoms with Gasteiger partial charge in [0, 0.05) is 24.1 Å². The third-order valence-corrected chi connectivity index (χ3v) is 4.94. The summed E-state index contributed by atoms with van der Waals surface area (Å²) in [4.78, 5) is 12.0. The Morgan fingerprint density at radius 2 is 1.96 bits per heavy atom. The standard InChI is InChI=1S/C23H27NO3S/c1-4-14-27-21-11-9-19(16-22(21)26-3)10-12-23(25)24-13-15-28-17-20-7-5-18(2)6-8-20/h4-12,16H,1,13-15,17H2,2-3H3,(H,24,25)/b12-10+. The second-order valence-electron chi connectivity index (χ2n) is 6.17. The van der Waals surface area contributed by atoms with Crippen LogP contribution in [0.25, 0.3) is 6.08 Å². The predicted octanol–water partition coefficient (Wildman–Crippen LogP) is 4.63. The molecule has 0 radical (unpaired) electrons. The van der Waals surface area contributed by atoms with E-state index in [1.165, 1.54) is 17.2 Å². The summed E-state index contributed by atoms with van der Waals surface area (Å²) < 4.78 is 10.9. The van der Waals surface area contributed by atoms with Crippen molar-refractivity contribution in [3.05, 3.63) is 77.9 Å². The molecule has 2 rings (SSSR count). The Balaban J connectivity index is 1.73. The van der Waals surface area contributed by atoms with Gasteiger partial charge in [0.25, 0.3) is 0 Å². The molecule has 5 heteroatoms. The Bertz CT molecular complexity index is 800. The lowest BCUT2D eigenvalue weighted by Gasteiger charge is -2.09. The molecular weight excluding hydrogens is 370 g/mol. The van der Waals surface area contributed by atoms with Gasteiger partial charge in [0.2, 0.25) is 5.91 Å². The van der Waals surface area contributed by atoms with E-state index in [1.807, 2.05) is 18.2 Å². The van der Waals surface area contributed by atoms with Crippen LogP contribution in [0.4, 0.5) is 0 Å². The van der Waals surface area contributed by atoms with Gasteiger partial charge in [0.1, 0.15) is 6.61 Å². The second-order valence-corrected chi connectivity index (χ2v) is 7.28. The van der Waals surface area contributed by atoms with E-state index in [-0.39, 0.29) is 5.91 Å². The topological polar surface area (TPSA) is 47.6 Å². The Morgan fingerprint density at radius 1 is 1.18 bits per heavy atom. The van der Waals surface area contributed by atoms with Gasteiger partial charge >= 0.3 is 0 Å². The molecule has 0 bridgehead atoms. The molecule has 0 atom stereocenters.